The van der Waals surface area contributed by atoms with Crippen molar-refractivity contribution in [3.05, 3.63) is 0 Å². The Bertz CT molecular complexity index is 313. The molecule has 0 bridgehead atoms. The van der Waals surface area contributed by atoms with E-state index in [1.54, 1.807) is 6.92 Å². The first-order valence-corrected chi connectivity index (χ1v) is 8.03. The predicted octanol–water partition coefficient (Wildman–Crippen LogP) is 1.42. The van der Waals surface area contributed by atoms with Crippen molar-refractivity contribution in [1.29, 1.82) is 0 Å². The third-order valence-electron chi connectivity index (χ3n) is 2.47. The number of nitrogens with one attached hydrogen (secondary N) is 1. The van der Waals surface area contributed by atoms with Crippen molar-refractivity contribution >= 4 is 13.9 Å². The normalized spacial score (nSPS) is 15.4. The van der Waals surface area contributed by atoms with Gasteiger partial charge in [-0.15, -0.1) is 0 Å². The Morgan fingerprint density at radius 2 is 2.05 bits per heavy atom. The number of amides is 1. The Labute approximate surface area is 119 Å². The van der Waals surface area contributed by atoms with Gasteiger partial charge in [0.2, 0.25) is 0 Å². The maximum Gasteiger partial charge on any atom is 0.472 e. The maximum absolute atomic E-state index is 11.3. The fourth-order valence-corrected chi connectivity index (χ4v) is 1.95. The largest absolute Gasteiger partial charge is 0.472 e. The molecule has 0 saturated carbocycles. The molecule has 20 heavy (non-hydrogen) atoms. The van der Waals surface area contributed by atoms with Gasteiger partial charge in [0, 0.05) is 20.3 Å². The highest BCUT2D eigenvalue weighted by molar-refractivity contribution is 7.47. The standard InChI is InChI=1S/C11H24NO7P/c1-3-10(19-20(15,16)17-2)9-18-11(14)12-7-5-4-6-8-13/h10,13H,3-9H2,1-2H3,(H,12,14)(H,15,16)/t10-/m0/s1. The lowest BCUT2D eigenvalue weighted by Crippen LogP contribution is -2.29. The molecule has 0 spiro atoms. The zero-order chi connectivity index (χ0) is 15.4. The number of aliphatic hydroxyl groups excluding tert-OH is 1. The molecule has 0 aromatic carbocycles. The lowest BCUT2D eigenvalue weighted by Gasteiger charge is -2.18. The second-order valence-corrected chi connectivity index (χ2v) is 5.61. The summed E-state index contributed by atoms with van der Waals surface area (Å²) >= 11 is 0. The first-order valence-electron chi connectivity index (χ1n) is 6.53. The fraction of sp³-hybridized carbons (Fsp3) is 0.909. The summed E-state index contributed by atoms with van der Waals surface area (Å²) in [5.41, 5.74) is 0. The van der Waals surface area contributed by atoms with Crippen LogP contribution in [0.1, 0.15) is 32.6 Å². The van der Waals surface area contributed by atoms with Gasteiger partial charge < -0.3 is 20.1 Å². The molecule has 0 aromatic heterocycles. The highest BCUT2D eigenvalue weighted by Gasteiger charge is 2.24. The van der Waals surface area contributed by atoms with Crippen LogP contribution in [0.15, 0.2) is 0 Å². The van der Waals surface area contributed by atoms with E-state index in [1.807, 2.05) is 0 Å². The Hall–Kier alpha value is -0.660. The van der Waals surface area contributed by atoms with E-state index in [-0.39, 0.29) is 13.2 Å². The van der Waals surface area contributed by atoms with E-state index in [4.69, 9.17) is 19.3 Å². The zero-order valence-corrected chi connectivity index (χ0v) is 12.8. The van der Waals surface area contributed by atoms with Crippen LogP contribution < -0.4 is 5.32 Å². The van der Waals surface area contributed by atoms with Crippen LogP contribution >= 0.6 is 7.82 Å². The van der Waals surface area contributed by atoms with Crippen molar-refractivity contribution in [3.63, 3.8) is 0 Å². The summed E-state index contributed by atoms with van der Waals surface area (Å²) in [5, 5.41) is 11.1. The van der Waals surface area contributed by atoms with Crippen molar-refractivity contribution < 1.29 is 33.1 Å². The predicted molar refractivity (Wildman–Crippen MR) is 72.3 cm³/mol. The van der Waals surface area contributed by atoms with E-state index < -0.39 is 20.0 Å². The van der Waals surface area contributed by atoms with Crippen molar-refractivity contribution in [1.82, 2.24) is 5.32 Å². The van der Waals surface area contributed by atoms with Gasteiger partial charge in [-0.2, -0.15) is 0 Å². The Kier molecular flexibility index (Phi) is 10.7. The molecule has 0 aliphatic heterocycles. The Morgan fingerprint density at radius 1 is 1.35 bits per heavy atom. The molecule has 0 aliphatic carbocycles. The zero-order valence-electron chi connectivity index (χ0n) is 11.9. The van der Waals surface area contributed by atoms with Gasteiger partial charge in [-0.1, -0.05) is 6.92 Å². The summed E-state index contributed by atoms with van der Waals surface area (Å²) in [6, 6.07) is 0. The highest BCUT2D eigenvalue weighted by atomic mass is 31.2. The Morgan fingerprint density at radius 3 is 2.60 bits per heavy atom. The van der Waals surface area contributed by atoms with Gasteiger partial charge in [0.15, 0.2) is 0 Å². The number of rotatable bonds is 11. The number of phosphoric ester groups is 1. The second kappa shape index (κ2) is 11.0. The molecule has 1 unspecified atom stereocenters. The summed E-state index contributed by atoms with van der Waals surface area (Å²) in [5.74, 6) is 0. The van der Waals surface area contributed by atoms with Crippen LogP contribution in [0.25, 0.3) is 0 Å². The van der Waals surface area contributed by atoms with E-state index in [2.05, 4.69) is 9.84 Å². The van der Waals surface area contributed by atoms with Gasteiger partial charge in [-0.05, 0) is 25.7 Å². The van der Waals surface area contributed by atoms with Crippen molar-refractivity contribution in [3.8, 4) is 0 Å². The molecule has 9 heteroatoms. The van der Waals surface area contributed by atoms with Crippen LogP contribution in [-0.2, 0) is 18.3 Å². The first-order chi connectivity index (χ1) is 9.45. The molecule has 120 valence electrons. The monoisotopic (exact) mass is 313 g/mol. The quantitative estimate of drug-likeness (QED) is 0.390. The second-order valence-electron chi connectivity index (χ2n) is 4.10. The minimum atomic E-state index is -4.08. The van der Waals surface area contributed by atoms with Gasteiger partial charge >= 0.3 is 13.9 Å². The smallest absolute Gasteiger partial charge is 0.447 e. The number of ether oxygens (including phenoxy) is 1. The molecular weight excluding hydrogens is 289 g/mol. The molecule has 8 nitrogen and oxygen atoms in total. The highest BCUT2D eigenvalue weighted by Crippen LogP contribution is 2.43. The molecular formula is C11H24NO7P. The number of hydrogen-bond acceptors (Lipinski definition) is 6. The Balaban J connectivity index is 3.82. The van der Waals surface area contributed by atoms with E-state index in [0.717, 1.165) is 20.0 Å². The minimum Gasteiger partial charge on any atom is -0.447 e. The van der Waals surface area contributed by atoms with Gasteiger partial charge in [0.1, 0.15) is 12.7 Å². The summed E-state index contributed by atoms with van der Waals surface area (Å²) in [7, 11) is -3.01. The molecule has 2 atom stereocenters. The van der Waals surface area contributed by atoms with Gasteiger partial charge in [0.25, 0.3) is 0 Å². The molecule has 0 aromatic rings. The molecule has 0 heterocycles. The summed E-state index contributed by atoms with van der Waals surface area (Å²) in [6.45, 7) is 2.19. The molecule has 0 aliphatic rings. The van der Waals surface area contributed by atoms with E-state index in [9.17, 15) is 9.36 Å². The lowest BCUT2D eigenvalue weighted by atomic mass is 10.2. The first kappa shape index (κ1) is 19.3. The number of hydrogen-bond donors (Lipinski definition) is 3. The van der Waals surface area contributed by atoms with Crippen LogP contribution in [0, 0.1) is 0 Å². The fourth-order valence-electron chi connectivity index (χ4n) is 1.28. The van der Waals surface area contributed by atoms with Crippen LogP contribution in [0.4, 0.5) is 4.79 Å². The number of phosphoric acid groups is 1. The summed E-state index contributed by atoms with van der Waals surface area (Å²) < 4.78 is 25.2. The van der Waals surface area contributed by atoms with E-state index in [1.165, 1.54) is 0 Å². The van der Waals surface area contributed by atoms with Gasteiger partial charge in [-0.25, -0.2) is 9.36 Å². The lowest BCUT2D eigenvalue weighted by molar-refractivity contribution is 0.0539. The third kappa shape index (κ3) is 10.2. The minimum absolute atomic E-state index is 0.132. The molecule has 1 amide bonds. The molecule has 0 saturated heterocycles. The molecule has 3 N–H and O–H groups in total. The van der Waals surface area contributed by atoms with Crippen molar-refractivity contribution in [2.75, 3.05) is 26.9 Å². The summed E-state index contributed by atoms with van der Waals surface area (Å²) in [4.78, 5) is 20.5. The number of aliphatic hydroxyl groups is 1. The number of carbonyl (C=O) groups is 1. The molecule has 0 fully saturated rings. The van der Waals surface area contributed by atoms with Crippen LogP contribution in [0.3, 0.4) is 0 Å². The van der Waals surface area contributed by atoms with Crippen molar-refractivity contribution in [2.45, 2.75) is 38.7 Å². The number of unbranched alkanes of at least 4 members (excludes halogenated alkanes) is 2. The van der Waals surface area contributed by atoms with Crippen LogP contribution in [-0.4, -0.2) is 49.1 Å². The topological polar surface area (TPSA) is 114 Å². The molecule has 0 rings (SSSR count). The maximum atomic E-state index is 11.3. The average Bonchev–Trinajstić information content (AvgIpc) is 2.43. The van der Waals surface area contributed by atoms with Gasteiger partial charge in [-0.3, -0.25) is 9.05 Å². The van der Waals surface area contributed by atoms with E-state index >= 15 is 0 Å². The SMILES string of the molecule is CC[C@@H](COC(=O)NCCCCCO)OP(=O)(O)OC. The third-order valence-corrected chi connectivity index (χ3v) is 3.50. The van der Waals surface area contributed by atoms with Crippen LogP contribution in [0.2, 0.25) is 0 Å². The van der Waals surface area contributed by atoms with Crippen molar-refractivity contribution in [2.24, 2.45) is 0 Å². The van der Waals surface area contributed by atoms with Gasteiger partial charge in [0.05, 0.1) is 0 Å². The number of alkyl carbamates (subject to hydrolysis) is 1. The summed E-state index contributed by atoms with van der Waals surface area (Å²) in [6.07, 6.45) is 1.35. The molecule has 0 radical (unpaired) electrons. The van der Waals surface area contributed by atoms with E-state index in [0.29, 0.717) is 19.4 Å². The number of carbonyl (C=O) groups excluding carboxylic acids is 1. The van der Waals surface area contributed by atoms with Crippen LogP contribution in [0.5, 0.6) is 0 Å². The average molecular weight is 313 g/mol.